The molecule has 9 heavy (non-hydrogen) atoms. The third kappa shape index (κ3) is 1.20. The van der Waals surface area contributed by atoms with Crippen molar-refractivity contribution in [3.8, 4) is 0 Å². The van der Waals surface area contributed by atoms with Gasteiger partial charge < -0.3 is 15.0 Å². The zero-order chi connectivity index (χ0) is 7.07. The van der Waals surface area contributed by atoms with E-state index in [0.717, 1.165) is 0 Å². The molecule has 1 N–H and O–H groups in total. The number of hydrogen-bond donors (Lipinski definition) is 1. The molecular weight excluding hydrogens is 122 g/mol. The van der Waals surface area contributed by atoms with E-state index in [1.807, 2.05) is 0 Å². The first-order valence-corrected chi connectivity index (χ1v) is 2.66. The van der Waals surface area contributed by atoms with Gasteiger partial charge >= 0.3 is 5.97 Å². The SMILES string of the molecule is [CH2][N+]1([O-])CC(C(=O)O)C1. The van der Waals surface area contributed by atoms with Crippen molar-refractivity contribution in [2.45, 2.75) is 0 Å². The van der Waals surface area contributed by atoms with Crippen LogP contribution in [0.1, 0.15) is 0 Å². The van der Waals surface area contributed by atoms with E-state index in [2.05, 4.69) is 7.05 Å². The standard InChI is InChI=1S/C5H8NO3/c1-6(9)2-4(3-6)5(7)8/h4H,1-3H2,(H,7,8). The van der Waals surface area contributed by atoms with Crippen molar-refractivity contribution in [1.29, 1.82) is 0 Å². The summed E-state index contributed by atoms with van der Waals surface area (Å²) in [6.45, 7) is 0.241. The highest BCUT2D eigenvalue weighted by molar-refractivity contribution is 5.70. The predicted octanol–water partition coefficient (Wildman–Crippen LogP) is -0.193. The largest absolute Gasteiger partial charge is 0.633 e. The molecule has 4 heteroatoms. The Balaban J connectivity index is 2.35. The number of aliphatic carboxylic acids is 1. The smallest absolute Gasteiger partial charge is 0.318 e. The normalized spacial score (nSPS) is 41.8. The van der Waals surface area contributed by atoms with Gasteiger partial charge in [0.05, 0.1) is 13.1 Å². The highest BCUT2D eigenvalue weighted by Gasteiger charge is 2.39. The second kappa shape index (κ2) is 1.68. The summed E-state index contributed by atoms with van der Waals surface area (Å²) >= 11 is 0. The molecular formula is C5H8NO3. The van der Waals surface area contributed by atoms with Crippen molar-refractivity contribution < 1.29 is 14.5 Å². The van der Waals surface area contributed by atoms with Gasteiger partial charge in [0, 0.05) is 0 Å². The van der Waals surface area contributed by atoms with Gasteiger partial charge in [0.25, 0.3) is 0 Å². The molecule has 0 aromatic heterocycles. The van der Waals surface area contributed by atoms with Gasteiger partial charge in [-0.15, -0.1) is 0 Å². The Kier molecular flexibility index (Phi) is 1.22. The summed E-state index contributed by atoms with van der Waals surface area (Å²) in [5, 5.41) is 18.9. The summed E-state index contributed by atoms with van der Waals surface area (Å²) in [5.74, 6) is -1.34. The van der Waals surface area contributed by atoms with E-state index < -0.39 is 16.5 Å². The van der Waals surface area contributed by atoms with Crippen molar-refractivity contribution in [2.75, 3.05) is 13.1 Å². The average molecular weight is 130 g/mol. The molecule has 0 spiro atoms. The number of rotatable bonds is 1. The number of quaternary nitrogens is 1. The topological polar surface area (TPSA) is 60.4 Å². The number of carbonyl (C=O) groups is 1. The second-order valence-electron chi connectivity index (χ2n) is 2.46. The van der Waals surface area contributed by atoms with Gasteiger partial charge in [-0.25, -0.2) is 0 Å². The summed E-state index contributed by atoms with van der Waals surface area (Å²) in [4.78, 5) is 10.1. The maximum Gasteiger partial charge on any atom is 0.318 e. The summed E-state index contributed by atoms with van der Waals surface area (Å²) in [7, 11) is 3.23. The number of likely N-dealkylation sites (tertiary alicyclic amines) is 1. The number of hydrogen-bond acceptors (Lipinski definition) is 2. The molecule has 1 heterocycles. The van der Waals surface area contributed by atoms with Crippen LogP contribution in [0, 0.1) is 18.2 Å². The first kappa shape index (κ1) is 6.51. The minimum absolute atomic E-state index is 0.120. The Bertz CT molecular complexity index is 135. The minimum atomic E-state index is -0.886. The molecule has 0 unspecified atom stereocenters. The first-order chi connectivity index (χ1) is 4.01. The van der Waals surface area contributed by atoms with E-state index in [1.165, 1.54) is 0 Å². The molecule has 1 rings (SSSR count). The van der Waals surface area contributed by atoms with Crippen LogP contribution < -0.4 is 0 Å². The fourth-order valence-electron chi connectivity index (χ4n) is 0.906. The fourth-order valence-corrected chi connectivity index (χ4v) is 0.906. The van der Waals surface area contributed by atoms with Gasteiger partial charge in [-0.3, -0.25) is 4.79 Å². The van der Waals surface area contributed by atoms with Gasteiger partial charge in [-0.2, -0.15) is 0 Å². The van der Waals surface area contributed by atoms with Crippen LogP contribution in [-0.4, -0.2) is 28.8 Å². The average Bonchev–Trinajstić information content (AvgIpc) is 1.59. The van der Waals surface area contributed by atoms with Crippen LogP contribution in [0.4, 0.5) is 0 Å². The van der Waals surface area contributed by atoms with E-state index in [0.29, 0.717) is 0 Å². The molecule has 0 saturated carbocycles. The zero-order valence-electron chi connectivity index (χ0n) is 4.91. The molecule has 1 aliphatic heterocycles. The van der Waals surface area contributed by atoms with E-state index in [-0.39, 0.29) is 13.1 Å². The van der Waals surface area contributed by atoms with Gasteiger partial charge in [0.2, 0.25) is 0 Å². The quantitative estimate of drug-likeness (QED) is 0.395. The number of carboxylic acids is 1. The second-order valence-corrected chi connectivity index (χ2v) is 2.46. The zero-order valence-corrected chi connectivity index (χ0v) is 4.91. The first-order valence-electron chi connectivity index (χ1n) is 2.66. The lowest BCUT2D eigenvalue weighted by Crippen LogP contribution is -2.57. The van der Waals surface area contributed by atoms with Crippen LogP contribution in [0.2, 0.25) is 0 Å². The molecule has 0 atom stereocenters. The Morgan fingerprint density at radius 3 is 2.33 bits per heavy atom. The van der Waals surface area contributed by atoms with E-state index in [4.69, 9.17) is 5.11 Å². The molecule has 0 aliphatic carbocycles. The maximum atomic E-state index is 10.6. The molecule has 0 aromatic rings. The van der Waals surface area contributed by atoms with Crippen LogP contribution in [0.3, 0.4) is 0 Å². The number of nitrogens with zero attached hydrogens (tertiary/aromatic N) is 1. The summed E-state index contributed by atoms with van der Waals surface area (Å²) in [6, 6.07) is 0. The fraction of sp³-hybridized carbons (Fsp3) is 0.600. The van der Waals surface area contributed by atoms with Crippen LogP contribution >= 0.6 is 0 Å². The van der Waals surface area contributed by atoms with Gasteiger partial charge in [-0.05, 0) is 0 Å². The third-order valence-corrected chi connectivity index (χ3v) is 1.46. The molecule has 1 aliphatic rings. The van der Waals surface area contributed by atoms with Crippen LogP contribution in [-0.2, 0) is 4.79 Å². The summed E-state index contributed by atoms with van der Waals surface area (Å²) in [5.41, 5.74) is 0. The van der Waals surface area contributed by atoms with E-state index in [9.17, 15) is 10.0 Å². The summed E-state index contributed by atoms with van der Waals surface area (Å²) in [6.07, 6.45) is 0. The molecule has 51 valence electrons. The lowest BCUT2D eigenvalue weighted by molar-refractivity contribution is -0.884. The van der Waals surface area contributed by atoms with Crippen molar-refractivity contribution in [1.82, 2.24) is 0 Å². The van der Waals surface area contributed by atoms with Crippen LogP contribution in [0.15, 0.2) is 0 Å². The highest BCUT2D eigenvalue weighted by atomic mass is 16.5. The van der Waals surface area contributed by atoms with Crippen LogP contribution in [0.25, 0.3) is 0 Å². The highest BCUT2D eigenvalue weighted by Crippen LogP contribution is 2.22. The molecule has 1 saturated heterocycles. The van der Waals surface area contributed by atoms with Crippen molar-refractivity contribution in [2.24, 2.45) is 5.92 Å². The monoisotopic (exact) mass is 130 g/mol. The van der Waals surface area contributed by atoms with Crippen molar-refractivity contribution >= 4 is 5.97 Å². The minimum Gasteiger partial charge on any atom is -0.633 e. The van der Waals surface area contributed by atoms with E-state index in [1.54, 1.807) is 0 Å². The van der Waals surface area contributed by atoms with Gasteiger partial charge in [0.15, 0.2) is 5.92 Å². The van der Waals surface area contributed by atoms with Crippen molar-refractivity contribution in [3.05, 3.63) is 12.3 Å². The Labute approximate surface area is 52.9 Å². The molecule has 0 amide bonds. The molecule has 0 aromatic carbocycles. The molecule has 1 radical (unpaired) electrons. The van der Waals surface area contributed by atoms with Gasteiger partial charge in [0.1, 0.15) is 7.05 Å². The number of carboxylic acid groups (broad SMARTS) is 1. The van der Waals surface area contributed by atoms with E-state index >= 15 is 0 Å². The lowest BCUT2D eigenvalue weighted by atomic mass is 10.0. The third-order valence-electron chi connectivity index (χ3n) is 1.46. The lowest BCUT2D eigenvalue weighted by Gasteiger charge is -2.48. The Hall–Kier alpha value is -0.610. The molecule has 1 fully saturated rings. The Morgan fingerprint density at radius 2 is 2.22 bits per heavy atom. The molecule has 4 nitrogen and oxygen atoms in total. The van der Waals surface area contributed by atoms with Crippen LogP contribution in [0.5, 0.6) is 0 Å². The van der Waals surface area contributed by atoms with Crippen molar-refractivity contribution in [3.63, 3.8) is 0 Å². The maximum absolute atomic E-state index is 10.6. The number of hydroxylamine groups is 3. The predicted molar refractivity (Wildman–Crippen MR) is 29.8 cm³/mol. The van der Waals surface area contributed by atoms with Gasteiger partial charge in [-0.1, -0.05) is 0 Å². The Morgan fingerprint density at radius 1 is 1.78 bits per heavy atom. The molecule has 0 bridgehead atoms. The summed E-state index contributed by atoms with van der Waals surface area (Å²) < 4.78 is -0.642.